The SMILES string of the molecule is C=CCOC(=O)[C@@H]1[C@H]2C(=O)O[C@H](c3ccccc3)[C@H](c3ccccc3)N2[C@H](c2ccc(OCCOC(=O)[C@H]3C[C@H]4C(=O)N[C@@H](CCCCNC(C)=O)C(=O)N4[C@H]3c3ccc(O)cc3)cc2)[C@@]12C(=O)Nc1ccccc12. The molecule has 4 saturated heterocycles. The van der Waals surface area contributed by atoms with Gasteiger partial charge in [0.15, 0.2) is 0 Å². The molecular weight excluding hydrogens is 959 g/mol. The Morgan fingerprint density at radius 3 is 2.15 bits per heavy atom. The number of piperazine rings is 1. The number of carbonyl (C=O) groups excluding carboxylic acids is 7. The number of cyclic esters (lactones) is 1. The molecule has 5 aliphatic rings. The number of hydrogen-bond donors (Lipinski definition) is 4. The summed E-state index contributed by atoms with van der Waals surface area (Å²) in [7, 11) is 0. The lowest BCUT2D eigenvalue weighted by Gasteiger charge is -2.46. The first-order valence-electron chi connectivity index (χ1n) is 25.2. The number of ether oxygens (including phenoxy) is 4. The van der Waals surface area contributed by atoms with Crippen molar-refractivity contribution in [3.63, 3.8) is 0 Å². The average molecular weight is 1020 g/mol. The van der Waals surface area contributed by atoms with E-state index in [1.54, 1.807) is 60.7 Å². The number of para-hydroxylation sites is 1. The zero-order valence-corrected chi connectivity index (χ0v) is 41.2. The van der Waals surface area contributed by atoms with Crippen LogP contribution < -0.4 is 20.7 Å². The molecule has 386 valence electrons. The topological polar surface area (TPSA) is 219 Å². The molecule has 0 unspecified atom stereocenters. The zero-order valence-electron chi connectivity index (χ0n) is 41.2. The van der Waals surface area contributed by atoms with Gasteiger partial charge in [-0.15, -0.1) is 0 Å². The zero-order chi connectivity index (χ0) is 52.4. The van der Waals surface area contributed by atoms with Crippen molar-refractivity contribution in [2.24, 2.45) is 11.8 Å². The van der Waals surface area contributed by atoms with Crippen molar-refractivity contribution in [2.45, 2.75) is 80.4 Å². The first-order chi connectivity index (χ1) is 36.4. The third-order valence-electron chi connectivity index (χ3n) is 15.1. The maximum atomic E-state index is 15.1. The number of rotatable bonds is 17. The predicted octanol–water partition coefficient (Wildman–Crippen LogP) is 6.08. The Hall–Kier alpha value is -8.31. The molecule has 5 aromatic carbocycles. The molecule has 75 heavy (non-hydrogen) atoms. The van der Waals surface area contributed by atoms with E-state index in [1.807, 2.05) is 65.6 Å². The Morgan fingerprint density at radius 2 is 1.44 bits per heavy atom. The molecule has 5 heterocycles. The van der Waals surface area contributed by atoms with E-state index < -0.39 is 83.4 Å². The van der Waals surface area contributed by atoms with E-state index in [9.17, 15) is 33.9 Å². The van der Waals surface area contributed by atoms with Crippen LogP contribution in [0.3, 0.4) is 0 Å². The van der Waals surface area contributed by atoms with Crippen molar-refractivity contribution in [3.05, 3.63) is 174 Å². The van der Waals surface area contributed by atoms with Gasteiger partial charge in [-0.05, 0) is 83.8 Å². The van der Waals surface area contributed by atoms with Crippen molar-refractivity contribution < 1.29 is 57.6 Å². The fourth-order valence-electron chi connectivity index (χ4n) is 12.0. The lowest BCUT2D eigenvalue weighted by atomic mass is 9.65. The van der Waals surface area contributed by atoms with Gasteiger partial charge in [-0.1, -0.05) is 116 Å². The number of phenolic OH excluding ortho intramolecular Hbond substituents is 1. The van der Waals surface area contributed by atoms with Gasteiger partial charge in [-0.2, -0.15) is 0 Å². The van der Waals surface area contributed by atoms with Crippen LogP contribution >= 0.6 is 0 Å². The number of unbranched alkanes of at least 4 members (excludes halogenated alkanes) is 1. The van der Waals surface area contributed by atoms with Gasteiger partial charge in [0.05, 0.1) is 24.0 Å². The molecule has 1 spiro atoms. The lowest BCUT2D eigenvalue weighted by Crippen LogP contribution is -2.61. The van der Waals surface area contributed by atoms with Gasteiger partial charge >= 0.3 is 17.9 Å². The number of hydrogen-bond acceptors (Lipinski definition) is 13. The number of fused-ring (bicyclic) bond motifs is 4. The van der Waals surface area contributed by atoms with Gasteiger partial charge in [0.25, 0.3) is 0 Å². The number of morpholine rings is 1. The molecule has 0 bridgehead atoms. The number of carbonyl (C=O) groups is 7. The Balaban J connectivity index is 0.921. The molecule has 0 aliphatic carbocycles. The van der Waals surface area contributed by atoms with Crippen LogP contribution in [-0.4, -0.2) is 101 Å². The number of phenols is 1. The van der Waals surface area contributed by atoms with Gasteiger partial charge in [0.2, 0.25) is 23.6 Å². The number of aromatic hydroxyl groups is 1. The van der Waals surface area contributed by atoms with E-state index in [2.05, 4.69) is 22.5 Å². The highest BCUT2D eigenvalue weighted by Crippen LogP contribution is 2.65. The normalized spacial score (nSPS) is 26.5. The highest BCUT2D eigenvalue weighted by atomic mass is 16.6. The van der Waals surface area contributed by atoms with Crippen LogP contribution in [0.5, 0.6) is 11.5 Å². The Labute approximate surface area is 433 Å². The third-order valence-corrected chi connectivity index (χ3v) is 15.1. The quantitative estimate of drug-likeness (QED) is 0.0360. The maximum Gasteiger partial charge on any atom is 0.325 e. The maximum absolute atomic E-state index is 15.1. The Morgan fingerprint density at radius 1 is 0.773 bits per heavy atom. The fraction of sp³-hybridized carbons (Fsp3) is 0.328. The number of amides is 4. The van der Waals surface area contributed by atoms with Crippen LogP contribution in [0.15, 0.2) is 146 Å². The number of anilines is 1. The smallest absolute Gasteiger partial charge is 0.325 e. The van der Waals surface area contributed by atoms with Crippen molar-refractivity contribution in [1.82, 2.24) is 20.4 Å². The summed E-state index contributed by atoms with van der Waals surface area (Å²) in [6.45, 7) is 5.18. The van der Waals surface area contributed by atoms with Gasteiger partial charge in [0.1, 0.15) is 66.9 Å². The molecule has 4 N–H and O–H groups in total. The number of esters is 3. The number of nitrogens with one attached hydrogen (secondary N) is 3. The summed E-state index contributed by atoms with van der Waals surface area (Å²) >= 11 is 0. The summed E-state index contributed by atoms with van der Waals surface area (Å²) in [6, 6.07) is 33.7. The van der Waals surface area contributed by atoms with Crippen LogP contribution in [0.4, 0.5) is 5.69 Å². The molecule has 0 radical (unpaired) electrons. The van der Waals surface area contributed by atoms with E-state index >= 15 is 4.79 Å². The molecular formula is C58H57N5O12. The van der Waals surface area contributed by atoms with E-state index in [-0.39, 0.29) is 49.7 Å². The molecule has 17 heteroatoms. The van der Waals surface area contributed by atoms with Crippen molar-refractivity contribution in [3.8, 4) is 11.5 Å². The summed E-state index contributed by atoms with van der Waals surface area (Å²) in [5.41, 5.74) is 1.98. The molecule has 17 nitrogen and oxygen atoms in total. The van der Waals surface area contributed by atoms with Crippen LogP contribution in [0.1, 0.15) is 84.7 Å². The van der Waals surface area contributed by atoms with E-state index in [0.29, 0.717) is 53.9 Å². The van der Waals surface area contributed by atoms with E-state index in [4.69, 9.17) is 18.9 Å². The molecule has 10 rings (SSSR count). The van der Waals surface area contributed by atoms with Crippen LogP contribution in [0.25, 0.3) is 0 Å². The minimum absolute atomic E-state index is 0.00362. The first kappa shape index (κ1) is 50.2. The molecule has 0 saturated carbocycles. The summed E-state index contributed by atoms with van der Waals surface area (Å²) in [4.78, 5) is 101. The fourth-order valence-corrected chi connectivity index (χ4v) is 12.0. The molecule has 10 atom stereocenters. The molecule has 0 aromatic heterocycles. The second-order valence-electron chi connectivity index (χ2n) is 19.4. The number of nitrogens with zero attached hydrogens (tertiary/aromatic N) is 2. The van der Waals surface area contributed by atoms with Crippen LogP contribution in [0.2, 0.25) is 0 Å². The lowest BCUT2D eigenvalue weighted by molar-refractivity contribution is -0.180. The Kier molecular flexibility index (Phi) is 14.2. The van der Waals surface area contributed by atoms with Gasteiger partial charge in [-0.25, -0.2) is 0 Å². The van der Waals surface area contributed by atoms with Gasteiger partial charge in [-0.3, -0.25) is 38.5 Å². The molecule has 4 amide bonds. The van der Waals surface area contributed by atoms with Crippen LogP contribution in [-0.2, 0) is 53.2 Å². The monoisotopic (exact) mass is 1020 g/mol. The summed E-state index contributed by atoms with van der Waals surface area (Å²) in [5.74, 6) is -5.31. The second kappa shape index (κ2) is 21.3. The minimum atomic E-state index is -1.71. The van der Waals surface area contributed by atoms with Crippen molar-refractivity contribution in [1.29, 1.82) is 0 Å². The predicted molar refractivity (Wildman–Crippen MR) is 271 cm³/mol. The van der Waals surface area contributed by atoms with Gasteiger partial charge in [0, 0.05) is 19.2 Å². The van der Waals surface area contributed by atoms with Gasteiger partial charge < -0.3 is 44.9 Å². The van der Waals surface area contributed by atoms with Crippen molar-refractivity contribution >= 4 is 47.2 Å². The molecule has 5 aromatic rings. The first-order valence-corrected chi connectivity index (χ1v) is 25.2. The average Bonchev–Trinajstić information content (AvgIpc) is 4.11. The molecule has 4 fully saturated rings. The minimum Gasteiger partial charge on any atom is -0.508 e. The van der Waals surface area contributed by atoms with E-state index in [1.165, 1.54) is 30.0 Å². The third kappa shape index (κ3) is 9.25. The van der Waals surface area contributed by atoms with E-state index in [0.717, 1.165) is 11.1 Å². The highest BCUT2D eigenvalue weighted by molar-refractivity contribution is 6.11. The largest absolute Gasteiger partial charge is 0.508 e. The molecule has 5 aliphatic heterocycles. The highest BCUT2D eigenvalue weighted by Gasteiger charge is 2.74. The summed E-state index contributed by atoms with van der Waals surface area (Å²) in [5, 5.41) is 18.7. The van der Waals surface area contributed by atoms with Crippen molar-refractivity contribution in [2.75, 3.05) is 31.7 Å². The Bertz CT molecular complexity index is 2990. The standard InChI is InChI=1S/C58H57N5O12/c1-3-30-73-55(69)46-49-56(70)75-50(37-16-8-5-9-17-37)48(35-14-6-4-7-15-35)63(49)51(58(46)42-18-10-11-19-43(42)61-57(58)71)38-23-27-40(28-24-38)72-31-32-74-54(68)41-33-45-52(66)60-44(20-12-13-29-59-34(2)64)53(67)62(45)47(41)36-21-25-39(65)26-22-36/h3-11,14-19,21-28,41,44-51,65H,1,12-13,20,29-33H2,2H3,(H,59,64)(H,60,66)(H,61,71)/t41-,44-,45-,46-,47-,48-,49-,50+,51+,58-/m0/s1. The second-order valence-corrected chi connectivity index (χ2v) is 19.4. The summed E-state index contributed by atoms with van der Waals surface area (Å²) in [6.07, 6.45) is 2.12. The summed E-state index contributed by atoms with van der Waals surface area (Å²) < 4.78 is 24.2. The number of benzene rings is 5. The van der Waals surface area contributed by atoms with Crippen LogP contribution in [0, 0.1) is 11.8 Å².